The average Bonchev–Trinajstić information content (AvgIpc) is 3.25. The zero-order chi connectivity index (χ0) is 18.6. The standard InChI is InChI=1S/C20H21N3O3/c1-10(2)17-18(16-7-11(3)12(4)26-16)23(20(25)19(17)24)13-5-6-14-15(8-13)22-9-21-14/h5-10,24-25H,1-4H3,(H,21,22). The van der Waals surface area contributed by atoms with E-state index in [2.05, 4.69) is 9.97 Å². The topological polar surface area (TPSA) is 87.2 Å². The van der Waals surface area contributed by atoms with Crippen LogP contribution in [0.25, 0.3) is 28.2 Å². The molecule has 3 N–H and O–H groups in total. The summed E-state index contributed by atoms with van der Waals surface area (Å²) in [7, 11) is 0. The Morgan fingerprint density at radius 3 is 2.58 bits per heavy atom. The second kappa shape index (κ2) is 5.69. The smallest absolute Gasteiger partial charge is 0.240 e. The highest BCUT2D eigenvalue weighted by Gasteiger charge is 2.28. The van der Waals surface area contributed by atoms with Crippen LogP contribution in [0.5, 0.6) is 11.6 Å². The Kier molecular flexibility index (Phi) is 3.57. The number of benzene rings is 1. The first-order valence-electron chi connectivity index (χ1n) is 8.56. The molecule has 1 aromatic carbocycles. The third-order valence-electron chi connectivity index (χ3n) is 4.80. The van der Waals surface area contributed by atoms with Crippen molar-refractivity contribution in [2.75, 3.05) is 0 Å². The molecular formula is C20H21N3O3. The number of rotatable bonds is 3. The summed E-state index contributed by atoms with van der Waals surface area (Å²) in [5.74, 6) is 1.11. The zero-order valence-corrected chi connectivity index (χ0v) is 15.2. The molecule has 0 spiro atoms. The minimum Gasteiger partial charge on any atom is -0.503 e. The van der Waals surface area contributed by atoms with E-state index in [0.29, 0.717) is 22.7 Å². The molecule has 0 radical (unpaired) electrons. The fourth-order valence-electron chi connectivity index (χ4n) is 3.36. The molecule has 0 aliphatic carbocycles. The number of aromatic hydroxyl groups is 2. The number of nitrogens with one attached hydrogen (secondary N) is 1. The van der Waals surface area contributed by atoms with Crippen molar-refractivity contribution >= 4 is 11.0 Å². The Balaban J connectivity index is 2.06. The summed E-state index contributed by atoms with van der Waals surface area (Å²) in [5.41, 5.74) is 4.72. The van der Waals surface area contributed by atoms with Gasteiger partial charge in [-0.1, -0.05) is 13.8 Å². The predicted molar refractivity (Wildman–Crippen MR) is 100 cm³/mol. The van der Waals surface area contributed by atoms with Gasteiger partial charge in [-0.25, -0.2) is 4.98 Å². The van der Waals surface area contributed by atoms with Crippen LogP contribution in [0.1, 0.15) is 36.7 Å². The van der Waals surface area contributed by atoms with Crippen LogP contribution >= 0.6 is 0 Å². The highest BCUT2D eigenvalue weighted by molar-refractivity contribution is 5.79. The maximum Gasteiger partial charge on any atom is 0.240 e. The molecule has 0 atom stereocenters. The first-order chi connectivity index (χ1) is 12.4. The van der Waals surface area contributed by atoms with Crippen molar-refractivity contribution in [2.24, 2.45) is 0 Å². The quantitative estimate of drug-likeness (QED) is 0.496. The maximum absolute atomic E-state index is 10.7. The van der Waals surface area contributed by atoms with Gasteiger partial charge in [-0.15, -0.1) is 0 Å². The number of nitrogens with zero attached hydrogens (tertiary/aromatic N) is 2. The summed E-state index contributed by atoms with van der Waals surface area (Å²) in [5, 5.41) is 21.3. The Hall–Kier alpha value is -3.15. The SMILES string of the molecule is Cc1cc(-c2c(C(C)C)c(O)c(O)n2-c2ccc3nc[nH]c3c2)oc1C. The number of aryl methyl sites for hydroxylation is 2. The van der Waals surface area contributed by atoms with Gasteiger partial charge < -0.3 is 19.6 Å². The molecule has 0 bridgehead atoms. The number of imidazole rings is 1. The number of fused-ring (bicyclic) bond motifs is 1. The van der Waals surface area contributed by atoms with Crippen LogP contribution in [-0.4, -0.2) is 24.7 Å². The summed E-state index contributed by atoms with van der Waals surface area (Å²) in [6, 6.07) is 7.55. The third-order valence-corrected chi connectivity index (χ3v) is 4.80. The number of hydrogen-bond acceptors (Lipinski definition) is 4. The minimum atomic E-state index is -0.200. The molecule has 6 heteroatoms. The van der Waals surface area contributed by atoms with Crippen molar-refractivity contribution in [1.29, 1.82) is 0 Å². The van der Waals surface area contributed by atoms with Gasteiger partial charge >= 0.3 is 0 Å². The predicted octanol–water partition coefficient (Wildman–Crippen LogP) is 4.77. The van der Waals surface area contributed by atoms with Gasteiger partial charge in [-0.3, -0.25) is 4.57 Å². The lowest BCUT2D eigenvalue weighted by atomic mass is 10.0. The first kappa shape index (κ1) is 16.3. The van der Waals surface area contributed by atoms with Crippen LogP contribution in [0.2, 0.25) is 0 Å². The lowest BCUT2D eigenvalue weighted by Crippen LogP contribution is -1.98. The summed E-state index contributed by atoms with van der Waals surface area (Å²) in [4.78, 5) is 7.30. The molecule has 26 heavy (non-hydrogen) atoms. The Labute approximate surface area is 150 Å². The summed E-state index contributed by atoms with van der Waals surface area (Å²) < 4.78 is 7.56. The van der Waals surface area contributed by atoms with E-state index < -0.39 is 0 Å². The number of hydrogen-bond donors (Lipinski definition) is 3. The molecule has 3 heterocycles. The van der Waals surface area contributed by atoms with E-state index in [4.69, 9.17) is 4.42 Å². The molecule has 4 aromatic rings. The van der Waals surface area contributed by atoms with E-state index in [-0.39, 0.29) is 17.5 Å². The molecular weight excluding hydrogens is 330 g/mol. The molecule has 134 valence electrons. The van der Waals surface area contributed by atoms with Crippen molar-refractivity contribution in [3.05, 3.63) is 47.5 Å². The molecule has 0 amide bonds. The van der Waals surface area contributed by atoms with Crippen molar-refractivity contribution in [2.45, 2.75) is 33.6 Å². The van der Waals surface area contributed by atoms with Crippen molar-refractivity contribution in [3.8, 4) is 28.8 Å². The Morgan fingerprint density at radius 2 is 1.92 bits per heavy atom. The van der Waals surface area contributed by atoms with E-state index in [1.807, 2.05) is 52.0 Å². The van der Waals surface area contributed by atoms with Gasteiger partial charge in [0.25, 0.3) is 0 Å². The highest BCUT2D eigenvalue weighted by atomic mass is 16.3. The minimum absolute atomic E-state index is 0.00116. The van der Waals surface area contributed by atoms with Gasteiger partial charge in [0.15, 0.2) is 11.5 Å². The average molecular weight is 351 g/mol. The van der Waals surface area contributed by atoms with Crippen molar-refractivity contribution in [3.63, 3.8) is 0 Å². The van der Waals surface area contributed by atoms with Crippen LogP contribution in [-0.2, 0) is 0 Å². The normalized spacial score (nSPS) is 11.7. The molecule has 0 fully saturated rings. The van der Waals surface area contributed by atoms with E-state index >= 15 is 0 Å². The summed E-state index contributed by atoms with van der Waals surface area (Å²) in [6.07, 6.45) is 1.63. The van der Waals surface area contributed by atoms with Gasteiger partial charge in [0.2, 0.25) is 5.88 Å². The van der Waals surface area contributed by atoms with Crippen molar-refractivity contribution < 1.29 is 14.6 Å². The largest absolute Gasteiger partial charge is 0.503 e. The highest BCUT2D eigenvalue weighted by Crippen LogP contribution is 2.47. The fraction of sp³-hybridized carbons (Fsp3) is 0.250. The van der Waals surface area contributed by atoms with Crippen LogP contribution in [0.3, 0.4) is 0 Å². The number of furan rings is 1. The Bertz CT molecular complexity index is 1100. The van der Waals surface area contributed by atoms with Gasteiger partial charge in [0, 0.05) is 5.56 Å². The lowest BCUT2D eigenvalue weighted by Gasteiger charge is -2.11. The van der Waals surface area contributed by atoms with Crippen molar-refractivity contribution in [1.82, 2.24) is 14.5 Å². The van der Waals surface area contributed by atoms with E-state index in [9.17, 15) is 10.2 Å². The molecule has 4 rings (SSSR count). The van der Waals surface area contributed by atoms with Gasteiger partial charge in [0.05, 0.1) is 28.7 Å². The zero-order valence-electron chi connectivity index (χ0n) is 15.2. The molecule has 0 aliphatic heterocycles. The Morgan fingerprint density at radius 1 is 1.15 bits per heavy atom. The maximum atomic E-state index is 10.7. The molecule has 0 saturated heterocycles. The van der Waals surface area contributed by atoms with Crippen LogP contribution in [0.15, 0.2) is 35.0 Å². The van der Waals surface area contributed by atoms with Crippen LogP contribution < -0.4 is 0 Å². The van der Waals surface area contributed by atoms with E-state index in [1.165, 1.54) is 0 Å². The lowest BCUT2D eigenvalue weighted by molar-refractivity contribution is 0.384. The fourth-order valence-corrected chi connectivity index (χ4v) is 3.36. The van der Waals surface area contributed by atoms with Crippen LogP contribution in [0, 0.1) is 13.8 Å². The number of aromatic amines is 1. The number of H-pyrrole nitrogens is 1. The van der Waals surface area contributed by atoms with Gasteiger partial charge in [0.1, 0.15) is 5.76 Å². The first-order valence-corrected chi connectivity index (χ1v) is 8.56. The number of aromatic nitrogens is 3. The molecule has 0 unspecified atom stereocenters. The van der Waals surface area contributed by atoms with Gasteiger partial charge in [-0.05, 0) is 49.6 Å². The van der Waals surface area contributed by atoms with E-state index in [0.717, 1.165) is 22.4 Å². The third kappa shape index (κ3) is 2.29. The monoisotopic (exact) mass is 351 g/mol. The second-order valence-electron chi connectivity index (χ2n) is 6.88. The molecule has 0 saturated carbocycles. The van der Waals surface area contributed by atoms with E-state index in [1.54, 1.807) is 10.9 Å². The van der Waals surface area contributed by atoms with Gasteiger partial charge in [-0.2, -0.15) is 0 Å². The molecule has 6 nitrogen and oxygen atoms in total. The summed E-state index contributed by atoms with van der Waals surface area (Å²) >= 11 is 0. The summed E-state index contributed by atoms with van der Waals surface area (Å²) in [6.45, 7) is 7.82. The second-order valence-corrected chi connectivity index (χ2v) is 6.88. The molecule has 3 aromatic heterocycles. The van der Waals surface area contributed by atoms with Crippen LogP contribution in [0.4, 0.5) is 0 Å². The molecule has 0 aliphatic rings.